The lowest BCUT2D eigenvalue weighted by Crippen LogP contribution is -2.16. The fraction of sp³-hybridized carbons (Fsp3) is 0. The van der Waals surface area contributed by atoms with Gasteiger partial charge in [0.05, 0.1) is 0 Å². The van der Waals surface area contributed by atoms with Crippen LogP contribution in [0.2, 0.25) is 0 Å². The van der Waals surface area contributed by atoms with E-state index < -0.39 is 0 Å². The summed E-state index contributed by atoms with van der Waals surface area (Å²) in [5, 5.41) is 0. The van der Waals surface area contributed by atoms with E-state index >= 15 is 0 Å². The fourth-order valence-corrected chi connectivity index (χ4v) is 1.09. The molecule has 5 heteroatoms. The lowest BCUT2D eigenvalue weighted by Gasteiger charge is -2.00. The topological polar surface area (TPSA) is 7.76 Å². The quantitative estimate of drug-likeness (QED) is 0.519. The summed E-state index contributed by atoms with van der Waals surface area (Å²) in [6, 6.07) is 11.6. The van der Waals surface area contributed by atoms with Crippen LogP contribution in [0.3, 0.4) is 0 Å². The maximum atomic E-state index is 4.00. The maximum Gasteiger partial charge on any atom is 0.183 e. The first kappa shape index (κ1) is 14.3. The summed E-state index contributed by atoms with van der Waals surface area (Å²) >= 11 is 8.00. The van der Waals surface area contributed by atoms with Gasteiger partial charge in [-0.3, -0.25) is 0 Å². The number of aromatic nitrogens is 2. The predicted octanol–water partition coefficient (Wildman–Crippen LogP) is 1.33. The van der Waals surface area contributed by atoms with Crippen LogP contribution in [0.4, 0.5) is 0 Å². The molecule has 2 heterocycles. The van der Waals surface area contributed by atoms with Crippen molar-refractivity contribution in [1.82, 2.24) is 0 Å². The minimum absolute atomic E-state index is 0. The van der Waals surface area contributed by atoms with Crippen molar-refractivity contribution in [1.29, 1.82) is 0 Å². The molecule has 15 heavy (non-hydrogen) atoms. The third-order valence-corrected chi connectivity index (χ3v) is 1.93. The number of hydrogen-bond donors (Lipinski definition) is 2. The Hall–Kier alpha value is -0.650. The van der Waals surface area contributed by atoms with E-state index in [0.717, 1.165) is 0 Å². The molecule has 2 aromatic heterocycles. The second-order valence-corrected chi connectivity index (χ2v) is 3.43. The molecule has 2 rings (SSSR count). The van der Waals surface area contributed by atoms with Crippen LogP contribution >= 0.6 is 25.6 Å². The minimum Gasteiger partial charge on any atom is -2.00 e. The van der Waals surface area contributed by atoms with Gasteiger partial charge in [-0.2, -0.15) is 0 Å². The summed E-state index contributed by atoms with van der Waals surface area (Å²) in [6.07, 6.45) is 7.46. The average molecular weight is 256 g/mol. The van der Waals surface area contributed by atoms with E-state index in [2.05, 4.69) is 25.6 Å². The van der Waals surface area contributed by atoms with Gasteiger partial charge in [0, 0.05) is 24.3 Å². The Morgan fingerprint density at radius 2 is 0.800 bits per heavy atom. The normalized spacial score (nSPS) is 8.13. The van der Waals surface area contributed by atoms with Crippen LogP contribution in [0.5, 0.6) is 0 Å². The molecule has 0 N–H and O–H groups in total. The third-order valence-electron chi connectivity index (χ3n) is 1.40. The highest BCUT2D eigenvalue weighted by molar-refractivity contribution is 7.73. The molecule has 0 bridgehead atoms. The number of thiol groups is 2. The standard InChI is InChI=1S/2C5H6NS.S/c2*7-6-4-2-1-3-5-6;/h2*1-5,7H;/q2*+1;-2. The molecule has 2 aromatic rings. The fourth-order valence-electron chi connectivity index (χ4n) is 0.779. The zero-order valence-corrected chi connectivity index (χ0v) is 10.6. The molecular weight excluding hydrogens is 244 g/mol. The predicted molar refractivity (Wildman–Crippen MR) is 69.4 cm³/mol. The summed E-state index contributed by atoms with van der Waals surface area (Å²) in [7, 11) is 0. The summed E-state index contributed by atoms with van der Waals surface area (Å²) in [5.41, 5.74) is 0. The van der Waals surface area contributed by atoms with E-state index in [1.54, 1.807) is 7.94 Å². The molecule has 0 fully saturated rings. The molecule has 0 aromatic carbocycles. The lowest BCUT2D eigenvalue weighted by molar-refractivity contribution is -0.489. The summed E-state index contributed by atoms with van der Waals surface area (Å²) < 4.78 is 3.39. The Balaban J connectivity index is 0.000000245. The minimum atomic E-state index is 0. The van der Waals surface area contributed by atoms with E-state index in [9.17, 15) is 0 Å². The van der Waals surface area contributed by atoms with Crippen molar-refractivity contribution in [2.75, 3.05) is 0 Å². The first-order valence-electron chi connectivity index (χ1n) is 4.10. The number of pyridine rings is 2. The van der Waals surface area contributed by atoms with Crippen molar-refractivity contribution in [3.63, 3.8) is 0 Å². The average Bonchev–Trinajstić information content (AvgIpc) is 2.21. The summed E-state index contributed by atoms with van der Waals surface area (Å²) in [6.45, 7) is 0. The van der Waals surface area contributed by atoms with Crippen molar-refractivity contribution in [2.24, 2.45) is 0 Å². The molecule has 0 saturated heterocycles. The Bertz CT molecular complexity index is 316. The largest absolute Gasteiger partial charge is 2.00 e. The first-order chi connectivity index (χ1) is 6.79. The van der Waals surface area contributed by atoms with Crippen LogP contribution in [-0.2, 0) is 13.5 Å². The van der Waals surface area contributed by atoms with Crippen molar-refractivity contribution in [3.8, 4) is 0 Å². The van der Waals surface area contributed by atoms with Crippen LogP contribution in [0.25, 0.3) is 0 Å². The van der Waals surface area contributed by atoms with Gasteiger partial charge in [-0.05, 0) is 0 Å². The van der Waals surface area contributed by atoms with Gasteiger partial charge < -0.3 is 13.5 Å². The van der Waals surface area contributed by atoms with Crippen LogP contribution in [0.1, 0.15) is 0 Å². The van der Waals surface area contributed by atoms with Crippen molar-refractivity contribution >= 4 is 39.1 Å². The second kappa shape index (κ2) is 8.64. The Labute approximate surface area is 108 Å². The van der Waals surface area contributed by atoms with Gasteiger partial charge in [-0.25, -0.2) is 0 Å². The van der Waals surface area contributed by atoms with Gasteiger partial charge in [0.2, 0.25) is 0 Å². The summed E-state index contributed by atoms with van der Waals surface area (Å²) in [4.78, 5) is 0. The molecular formula is C10H12N2S3. The number of nitrogens with zero attached hydrogens (tertiary/aromatic N) is 2. The Kier molecular flexibility index (Phi) is 8.27. The van der Waals surface area contributed by atoms with Gasteiger partial charge in [-0.1, -0.05) is 12.1 Å². The SMILES string of the molecule is S[n+]1ccccc1.S[n+]1ccccc1.[S-2]. The Morgan fingerprint density at radius 3 is 0.933 bits per heavy atom. The molecule has 0 saturated carbocycles. The molecule has 0 aliphatic rings. The molecule has 0 aliphatic heterocycles. The molecule has 80 valence electrons. The second-order valence-electron chi connectivity index (χ2n) is 2.51. The number of rotatable bonds is 0. The highest BCUT2D eigenvalue weighted by Gasteiger charge is 1.81. The van der Waals surface area contributed by atoms with Crippen LogP contribution in [0.15, 0.2) is 61.2 Å². The zero-order valence-electron chi connectivity index (χ0n) is 7.97. The molecule has 0 amide bonds. The van der Waals surface area contributed by atoms with Crippen molar-refractivity contribution < 1.29 is 7.94 Å². The molecule has 0 aliphatic carbocycles. The first-order valence-corrected chi connectivity index (χ1v) is 4.90. The van der Waals surface area contributed by atoms with Crippen LogP contribution in [-0.4, -0.2) is 0 Å². The van der Waals surface area contributed by atoms with E-state index in [-0.39, 0.29) is 13.5 Å². The maximum absolute atomic E-state index is 4.00. The lowest BCUT2D eigenvalue weighted by atomic mass is 10.5. The van der Waals surface area contributed by atoms with Crippen molar-refractivity contribution in [2.45, 2.75) is 0 Å². The molecule has 0 radical (unpaired) electrons. The smallest absolute Gasteiger partial charge is 0.183 e. The number of hydrogen-bond acceptors (Lipinski definition) is 2. The Morgan fingerprint density at radius 1 is 0.533 bits per heavy atom. The van der Waals surface area contributed by atoms with Crippen LogP contribution in [0, 0.1) is 0 Å². The molecule has 2 nitrogen and oxygen atoms in total. The van der Waals surface area contributed by atoms with Gasteiger partial charge >= 0.3 is 0 Å². The van der Waals surface area contributed by atoms with E-state index in [0.29, 0.717) is 0 Å². The molecule has 0 unspecified atom stereocenters. The van der Waals surface area contributed by atoms with Gasteiger partial charge in [0.25, 0.3) is 0 Å². The molecule has 0 spiro atoms. The highest BCUT2D eigenvalue weighted by atomic mass is 32.1. The highest BCUT2D eigenvalue weighted by Crippen LogP contribution is 1.75. The van der Waals surface area contributed by atoms with E-state index in [1.165, 1.54) is 0 Å². The zero-order chi connectivity index (χ0) is 10.2. The summed E-state index contributed by atoms with van der Waals surface area (Å²) in [5.74, 6) is 0. The van der Waals surface area contributed by atoms with Crippen LogP contribution < -0.4 is 7.94 Å². The monoisotopic (exact) mass is 256 g/mol. The van der Waals surface area contributed by atoms with Gasteiger partial charge in [-0.15, -0.1) is 7.94 Å². The van der Waals surface area contributed by atoms with E-state index in [4.69, 9.17) is 0 Å². The molecule has 0 atom stereocenters. The van der Waals surface area contributed by atoms with Gasteiger partial charge in [0.15, 0.2) is 24.8 Å². The van der Waals surface area contributed by atoms with Gasteiger partial charge in [0.1, 0.15) is 25.6 Å². The third kappa shape index (κ3) is 7.30. The van der Waals surface area contributed by atoms with Crippen molar-refractivity contribution in [3.05, 3.63) is 61.2 Å². The van der Waals surface area contributed by atoms with E-state index in [1.807, 2.05) is 61.2 Å².